The highest BCUT2D eigenvalue weighted by atomic mass is 15.2. The largest absolute Gasteiger partial charge is 0.394 e. The zero-order chi connectivity index (χ0) is 24.8. The van der Waals surface area contributed by atoms with Crippen LogP contribution in [0.25, 0.3) is 22.9 Å². The molecular formula is C28H23N7. The summed E-state index contributed by atoms with van der Waals surface area (Å²) in [6.45, 7) is 3.98. The quantitative estimate of drug-likeness (QED) is 0.287. The first-order chi connectivity index (χ1) is 17.0. The lowest BCUT2D eigenvalue weighted by Gasteiger charge is -2.15. The molecule has 0 radical (unpaired) electrons. The smallest absolute Gasteiger partial charge is 0.229 e. The summed E-state index contributed by atoms with van der Waals surface area (Å²) in [4.78, 5) is 8.92. The number of anilines is 5. The number of aromatic nitrogens is 2. The Labute approximate surface area is 203 Å². The number of fused-ring (bicyclic) bond motifs is 1. The highest BCUT2D eigenvalue weighted by Gasteiger charge is 2.10. The van der Waals surface area contributed by atoms with Gasteiger partial charge >= 0.3 is 0 Å². The van der Waals surface area contributed by atoms with Gasteiger partial charge in [-0.05, 0) is 89.4 Å². The summed E-state index contributed by atoms with van der Waals surface area (Å²) in [5.74, 6) is 0.919. The lowest BCUT2D eigenvalue weighted by atomic mass is 10.0. The molecule has 4 N–H and O–H groups in total. The summed E-state index contributed by atoms with van der Waals surface area (Å²) in [6.07, 6.45) is 8.05. The van der Waals surface area contributed by atoms with Crippen molar-refractivity contribution in [1.82, 2.24) is 9.97 Å². The zero-order valence-electron chi connectivity index (χ0n) is 19.4. The summed E-state index contributed by atoms with van der Waals surface area (Å²) < 4.78 is 0. The topological polar surface area (TPSA) is 123 Å². The van der Waals surface area contributed by atoms with E-state index in [4.69, 9.17) is 16.3 Å². The second-order valence-electron chi connectivity index (χ2n) is 8.02. The van der Waals surface area contributed by atoms with Crippen LogP contribution in [0.5, 0.6) is 0 Å². The lowest BCUT2D eigenvalue weighted by Crippen LogP contribution is -2.06. The molecule has 0 amide bonds. The molecule has 1 heterocycles. The minimum absolute atomic E-state index is 0.415. The van der Waals surface area contributed by atoms with Crippen LogP contribution in [0, 0.1) is 36.5 Å². The minimum atomic E-state index is 0.415. The van der Waals surface area contributed by atoms with E-state index in [1.54, 1.807) is 18.3 Å². The van der Waals surface area contributed by atoms with Crippen molar-refractivity contribution in [2.75, 3.05) is 16.4 Å². The molecule has 170 valence electrons. The average Bonchev–Trinajstić information content (AvgIpc) is 2.85. The Morgan fingerprint density at radius 2 is 1.49 bits per heavy atom. The average molecular weight is 458 g/mol. The van der Waals surface area contributed by atoms with Gasteiger partial charge in [0.15, 0.2) is 5.82 Å². The summed E-state index contributed by atoms with van der Waals surface area (Å²) in [5.41, 5.74) is 12.3. The Bertz CT molecular complexity index is 1530. The van der Waals surface area contributed by atoms with Crippen molar-refractivity contribution in [3.05, 3.63) is 89.1 Å². The molecule has 0 saturated heterocycles. The van der Waals surface area contributed by atoms with Gasteiger partial charge in [-0.3, -0.25) is 0 Å². The van der Waals surface area contributed by atoms with Gasteiger partial charge in [0, 0.05) is 23.5 Å². The van der Waals surface area contributed by atoms with E-state index in [2.05, 4.69) is 20.6 Å². The molecule has 35 heavy (non-hydrogen) atoms. The maximum absolute atomic E-state index is 8.77. The molecule has 0 aliphatic heterocycles. The molecule has 3 aromatic carbocycles. The van der Waals surface area contributed by atoms with Crippen molar-refractivity contribution >= 4 is 51.8 Å². The standard InChI is InChI=1S/C28H23N7/c1-18-13-21(6-4-12-30)14-19(2)26(18)34-27-25(31)17-32-28(35-27)33-24-10-9-22-15-20(5-3-11-29)7-8-23(22)16-24/h3-10,13-17H,31H2,1-2H3,(H2,32,33,34,35)/b5-3+,6-4+. The second-order valence-corrected chi connectivity index (χ2v) is 8.02. The molecule has 0 fully saturated rings. The number of nitriles is 2. The Hall–Kier alpha value is -5.14. The first-order valence-corrected chi connectivity index (χ1v) is 10.9. The summed E-state index contributed by atoms with van der Waals surface area (Å²) in [6, 6.07) is 20.0. The van der Waals surface area contributed by atoms with Crippen LogP contribution in [0.2, 0.25) is 0 Å². The highest BCUT2D eigenvalue weighted by Crippen LogP contribution is 2.29. The Balaban J connectivity index is 1.58. The monoisotopic (exact) mass is 457 g/mol. The van der Waals surface area contributed by atoms with E-state index in [1.807, 2.05) is 74.5 Å². The molecule has 7 heteroatoms. The molecule has 0 unspecified atom stereocenters. The van der Waals surface area contributed by atoms with Gasteiger partial charge in [0.25, 0.3) is 0 Å². The first-order valence-electron chi connectivity index (χ1n) is 10.9. The number of nitrogen functional groups attached to an aromatic ring is 1. The van der Waals surface area contributed by atoms with Crippen LogP contribution in [-0.4, -0.2) is 9.97 Å². The van der Waals surface area contributed by atoms with Gasteiger partial charge in [0.1, 0.15) is 0 Å². The maximum Gasteiger partial charge on any atom is 0.229 e. The Morgan fingerprint density at radius 1 is 0.829 bits per heavy atom. The number of nitrogens with two attached hydrogens (primary N) is 1. The SMILES string of the molecule is Cc1cc(/C=C/C#N)cc(C)c1Nc1nc(Nc2ccc3cc(/C=C/C#N)ccc3c2)ncc1N. The number of benzene rings is 3. The van der Waals surface area contributed by atoms with Crippen molar-refractivity contribution in [1.29, 1.82) is 10.5 Å². The third-order valence-electron chi connectivity index (χ3n) is 5.44. The fraction of sp³-hybridized carbons (Fsp3) is 0.0714. The van der Waals surface area contributed by atoms with E-state index in [0.717, 1.165) is 44.4 Å². The molecule has 4 rings (SSSR count). The maximum atomic E-state index is 8.77. The third kappa shape index (κ3) is 5.44. The van der Waals surface area contributed by atoms with Crippen LogP contribution >= 0.6 is 0 Å². The summed E-state index contributed by atoms with van der Waals surface area (Å²) >= 11 is 0. The molecule has 0 saturated carbocycles. The van der Waals surface area contributed by atoms with Gasteiger partial charge in [-0.1, -0.05) is 18.2 Å². The van der Waals surface area contributed by atoms with Crippen LogP contribution in [0.1, 0.15) is 22.3 Å². The lowest BCUT2D eigenvalue weighted by molar-refractivity contribution is 1.17. The van der Waals surface area contributed by atoms with E-state index < -0.39 is 0 Å². The van der Waals surface area contributed by atoms with Crippen LogP contribution in [0.4, 0.5) is 28.8 Å². The van der Waals surface area contributed by atoms with Crippen molar-refractivity contribution in [3.8, 4) is 12.1 Å². The van der Waals surface area contributed by atoms with Gasteiger partial charge in [0.05, 0.1) is 24.0 Å². The number of rotatable bonds is 6. The predicted molar refractivity (Wildman–Crippen MR) is 142 cm³/mol. The van der Waals surface area contributed by atoms with E-state index in [0.29, 0.717) is 17.5 Å². The van der Waals surface area contributed by atoms with Gasteiger partial charge < -0.3 is 16.4 Å². The number of hydrogen-bond donors (Lipinski definition) is 3. The van der Waals surface area contributed by atoms with Crippen molar-refractivity contribution in [3.63, 3.8) is 0 Å². The van der Waals surface area contributed by atoms with Crippen LogP contribution in [-0.2, 0) is 0 Å². The molecule has 0 bridgehead atoms. The third-order valence-corrected chi connectivity index (χ3v) is 5.44. The van der Waals surface area contributed by atoms with Crippen molar-refractivity contribution in [2.45, 2.75) is 13.8 Å². The fourth-order valence-corrected chi connectivity index (χ4v) is 3.80. The van der Waals surface area contributed by atoms with E-state index in [1.165, 1.54) is 12.2 Å². The number of aryl methyl sites for hydroxylation is 2. The highest BCUT2D eigenvalue weighted by molar-refractivity contribution is 5.88. The van der Waals surface area contributed by atoms with Gasteiger partial charge in [-0.25, -0.2) is 4.98 Å². The Morgan fingerprint density at radius 3 is 2.20 bits per heavy atom. The second kappa shape index (κ2) is 10.2. The fourth-order valence-electron chi connectivity index (χ4n) is 3.80. The van der Waals surface area contributed by atoms with Crippen LogP contribution < -0.4 is 16.4 Å². The van der Waals surface area contributed by atoms with Gasteiger partial charge in [-0.15, -0.1) is 0 Å². The molecule has 0 aliphatic rings. The minimum Gasteiger partial charge on any atom is -0.394 e. The number of nitrogens with one attached hydrogen (secondary N) is 2. The van der Waals surface area contributed by atoms with Crippen LogP contribution in [0.15, 0.2) is 66.9 Å². The van der Waals surface area contributed by atoms with Crippen molar-refractivity contribution in [2.24, 2.45) is 0 Å². The number of hydrogen-bond acceptors (Lipinski definition) is 7. The van der Waals surface area contributed by atoms with E-state index in [-0.39, 0.29) is 0 Å². The Kier molecular flexibility index (Phi) is 6.71. The molecule has 1 aromatic heterocycles. The summed E-state index contributed by atoms with van der Waals surface area (Å²) in [5, 5.41) is 26.2. The van der Waals surface area contributed by atoms with E-state index in [9.17, 15) is 0 Å². The molecule has 0 atom stereocenters. The number of allylic oxidation sites excluding steroid dienone is 2. The molecular weight excluding hydrogens is 434 g/mol. The van der Waals surface area contributed by atoms with E-state index >= 15 is 0 Å². The zero-order valence-corrected chi connectivity index (χ0v) is 19.4. The van der Waals surface area contributed by atoms with Gasteiger partial charge in [0.2, 0.25) is 5.95 Å². The molecule has 7 nitrogen and oxygen atoms in total. The molecule has 4 aromatic rings. The van der Waals surface area contributed by atoms with Crippen LogP contribution in [0.3, 0.4) is 0 Å². The molecule has 0 aliphatic carbocycles. The van der Waals surface area contributed by atoms with Gasteiger partial charge in [-0.2, -0.15) is 15.5 Å². The number of nitrogens with zero attached hydrogens (tertiary/aromatic N) is 4. The molecule has 0 spiro atoms. The van der Waals surface area contributed by atoms with Crippen molar-refractivity contribution < 1.29 is 0 Å². The predicted octanol–water partition coefficient (Wildman–Crippen LogP) is 6.39. The first kappa shape index (κ1) is 23.0. The summed E-state index contributed by atoms with van der Waals surface area (Å²) in [7, 11) is 0. The normalized spacial score (nSPS) is 11.0.